The molecule has 0 aromatic carbocycles. The number of carbonyl (C=O) groups is 3. The van der Waals surface area contributed by atoms with E-state index < -0.39 is 5.91 Å². The van der Waals surface area contributed by atoms with Gasteiger partial charge in [-0.15, -0.1) is 11.3 Å². The number of hydrogen-bond donors (Lipinski definition) is 3. The second kappa shape index (κ2) is 9.27. The third-order valence-corrected chi connectivity index (χ3v) is 4.54. The van der Waals surface area contributed by atoms with Gasteiger partial charge in [0, 0.05) is 38.4 Å². The van der Waals surface area contributed by atoms with Gasteiger partial charge >= 0.3 is 6.03 Å². The summed E-state index contributed by atoms with van der Waals surface area (Å²) >= 11 is 1.13. The monoisotopic (exact) mass is 404 g/mol. The minimum atomic E-state index is -0.398. The molecule has 0 spiro atoms. The molecule has 10 heteroatoms. The molecule has 2 rings (SSSR count). The molecule has 0 aliphatic heterocycles. The Balaban J connectivity index is 2.33. The van der Waals surface area contributed by atoms with Crippen LogP contribution in [-0.4, -0.2) is 59.4 Å². The maximum Gasteiger partial charge on any atom is 0.320 e. The van der Waals surface area contributed by atoms with Crippen LogP contribution in [0.1, 0.15) is 40.9 Å². The number of pyridine rings is 1. The highest BCUT2D eigenvalue weighted by Gasteiger charge is 2.25. The van der Waals surface area contributed by atoms with Crippen LogP contribution in [0.2, 0.25) is 0 Å². The van der Waals surface area contributed by atoms with Crippen molar-refractivity contribution in [2.75, 3.05) is 26.0 Å². The van der Waals surface area contributed by atoms with Crippen molar-refractivity contribution in [2.24, 2.45) is 0 Å². The summed E-state index contributed by atoms with van der Waals surface area (Å²) in [7, 11) is 3.24. The largest absolute Gasteiger partial charge is 0.348 e. The first-order valence-corrected chi connectivity index (χ1v) is 9.59. The first-order chi connectivity index (χ1) is 13.2. The van der Waals surface area contributed by atoms with Gasteiger partial charge in [0.25, 0.3) is 11.8 Å². The van der Waals surface area contributed by atoms with Crippen LogP contribution < -0.4 is 16.0 Å². The van der Waals surface area contributed by atoms with Gasteiger partial charge in [0.05, 0.1) is 0 Å². The summed E-state index contributed by atoms with van der Waals surface area (Å²) in [6.45, 7) is 6.00. The summed E-state index contributed by atoms with van der Waals surface area (Å²) in [6.07, 6.45) is 1.54. The molecule has 0 saturated carbocycles. The molecule has 9 nitrogen and oxygen atoms in total. The van der Waals surface area contributed by atoms with E-state index in [1.165, 1.54) is 11.1 Å². The maximum absolute atomic E-state index is 12.5. The lowest BCUT2D eigenvalue weighted by Crippen LogP contribution is -2.32. The lowest BCUT2D eigenvalue weighted by molar-refractivity contribution is 0.0821. The van der Waals surface area contributed by atoms with Crippen molar-refractivity contribution in [3.8, 4) is 10.6 Å². The van der Waals surface area contributed by atoms with Crippen LogP contribution in [0.25, 0.3) is 10.6 Å². The van der Waals surface area contributed by atoms with Gasteiger partial charge in [-0.05, 0) is 32.9 Å². The van der Waals surface area contributed by atoms with Crippen molar-refractivity contribution in [1.82, 2.24) is 25.5 Å². The van der Waals surface area contributed by atoms with E-state index in [1.54, 1.807) is 26.2 Å². The lowest BCUT2D eigenvalue weighted by atomic mass is 10.2. The third kappa shape index (κ3) is 5.26. The SMILES string of the molecule is CCNC(=O)Nc1ccc(-c2nc(C(=O)NC(C)C)c(C(=O)N(C)C)s2)cn1. The molecule has 0 fully saturated rings. The Morgan fingerprint density at radius 3 is 2.46 bits per heavy atom. The van der Waals surface area contributed by atoms with Gasteiger partial charge < -0.3 is 15.5 Å². The van der Waals surface area contributed by atoms with Crippen molar-refractivity contribution < 1.29 is 14.4 Å². The van der Waals surface area contributed by atoms with Gasteiger partial charge in [-0.3, -0.25) is 14.9 Å². The number of amides is 4. The fraction of sp³-hybridized carbons (Fsp3) is 0.389. The Kier molecular flexibility index (Phi) is 7.05. The summed E-state index contributed by atoms with van der Waals surface area (Å²) in [6, 6.07) is 2.93. The van der Waals surface area contributed by atoms with Crippen LogP contribution in [0.15, 0.2) is 18.3 Å². The molecule has 28 heavy (non-hydrogen) atoms. The number of carbonyl (C=O) groups excluding carboxylic acids is 3. The molecule has 2 heterocycles. The van der Waals surface area contributed by atoms with E-state index in [1.807, 2.05) is 20.8 Å². The highest BCUT2D eigenvalue weighted by Crippen LogP contribution is 2.29. The number of thiazole rings is 1. The van der Waals surface area contributed by atoms with Gasteiger partial charge in [-0.1, -0.05) is 0 Å². The molecular weight excluding hydrogens is 380 g/mol. The van der Waals surface area contributed by atoms with Crippen molar-refractivity contribution >= 4 is 35.0 Å². The Morgan fingerprint density at radius 2 is 1.93 bits per heavy atom. The van der Waals surface area contributed by atoms with Crippen LogP contribution in [0.3, 0.4) is 0 Å². The number of nitrogens with zero attached hydrogens (tertiary/aromatic N) is 3. The smallest absolute Gasteiger partial charge is 0.320 e. The molecule has 0 aliphatic carbocycles. The topological polar surface area (TPSA) is 116 Å². The van der Waals surface area contributed by atoms with Crippen molar-refractivity contribution in [3.05, 3.63) is 28.9 Å². The van der Waals surface area contributed by atoms with Gasteiger partial charge in [0.2, 0.25) is 0 Å². The molecule has 0 saturated heterocycles. The number of hydrogen-bond acceptors (Lipinski definition) is 6. The van der Waals surface area contributed by atoms with Crippen molar-refractivity contribution in [3.63, 3.8) is 0 Å². The average Bonchev–Trinajstić information content (AvgIpc) is 3.06. The van der Waals surface area contributed by atoms with Gasteiger partial charge in [0.15, 0.2) is 5.69 Å². The minimum Gasteiger partial charge on any atom is -0.348 e. The van der Waals surface area contributed by atoms with Crippen molar-refractivity contribution in [1.29, 1.82) is 0 Å². The molecule has 150 valence electrons. The summed E-state index contributed by atoms with van der Waals surface area (Å²) in [4.78, 5) is 46.8. The molecule has 4 amide bonds. The third-order valence-electron chi connectivity index (χ3n) is 3.45. The summed E-state index contributed by atoms with van der Waals surface area (Å²) < 4.78 is 0. The highest BCUT2D eigenvalue weighted by molar-refractivity contribution is 7.17. The van der Waals surface area contributed by atoms with Crippen molar-refractivity contribution in [2.45, 2.75) is 26.8 Å². The Bertz CT molecular complexity index is 861. The number of rotatable bonds is 6. The van der Waals surface area contributed by atoms with Crippen LogP contribution in [-0.2, 0) is 0 Å². The van der Waals surface area contributed by atoms with E-state index in [0.717, 1.165) is 11.3 Å². The lowest BCUT2D eigenvalue weighted by Gasteiger charge is -2.10. The number of nitrogens with one attached hydrogen (secondary N) is 3. The van der Waals surface area contributed by atoms with Crippen LogP contribution >= 0.6 is 11.3 Å². The molecule has 2 aromatic heterocycles. The average molecular weight is 404 g/mol. The first kappa shape index (κ1) is 21.3. The second-order valence-corrected chi connectivity index (χ2v) is 7.44. The van der Waals surface area contributed by atoms with Gasteiger partial charge in [0.1, 0.15) is 15.7 Å². The molecular formula is C18H24N6O3S. The van der Waals surface area contributed by atoms with E-state index in [4.69, 9.17) is 0 Å². The standard InChI is InChI=1S/C18H24N6O3S/c1-6-19-18(27)22-12-8-7-11(9-20-12)16-23-13(15(25)21-10(2)3)14(28-16)17(26)24(4)5/h7-10H,6H2,1-5H3,(H,21,25)(H2,19,20,22,27). The Labute approximate surface area is 167 Å². The van der Waals surface area contributed by atoms with E-state index >= 15 is 0 Å². The molecule has 0 radical (unpaired) electrons. The molecule has 0 aliphatic rings. The highest BCUT2D eigenvalue weighted by atomic mass is 32.1. The van der Waals surface area contributed by atoms with Gasteiger partial charge in [-0.25, -0.2) is 14.8 Å². The van der Waals surface area contributed by atoms with Crippen LogP contribution in [0.4, 0.5) is 10.6 Å². The first-order valence-electron chi connectivity index (χ1n) is 8.77. The molecule has 0 unspecified atom stereocenters. The Hall–Kier alpha value is -3.01. The predicted octanol–water partition coefficient (Wildman–Crippen LogP) is 2.19. The second-order valence-electron chi connectivity index (χ2n) is 6.44. The van der Waals surface area contributed by atoms with E-state index in [0.29, 0.717) is 22.9 Å². The zero-order chi connectivity index (χ0) is 20.8. The van der Waals surface area contributed by atoms with E-state index in [9.17, 15) is 14.4 Å². The predicted molar refractivity (Wildman–Crippen MR) is 109 cm³/mol. The normalized spacial score (nSPS) is 10.5. The van der Waals surface area contributed by atoms with Crippen LogP contribution in [0.5, 0.6) is 0 Å². The Morgan fingerprint density at radius 1 is 1.21 bits per heavy atom. The molecule has 3 N–H and O–H groups in total. The fourth-order valence-corrected chi connectivity index (χ4v) is 3.27. The zero-order valence-corrected chi connectivity index (χ0v) is 17.3. The van der Waals surface area contributed by atoms with Crippen LogP contribution in [0, 0.1) is 0 Å². The molecule has 0 bridgehead atoms. The van der Waals surface area contributed by atoms with E-state index in [-0.39, 0.29) is 28.6 Å². The quantitative estimate of drug-likeness (QED) is 0.682. The van der Waals surface area contributed by atoms with Gasteiger partial charge in [-0.2, -0.15) is 0 Å². The number of anilines is 1. The summed E-state index contributed by atoms with van der Waals surface area (Å²) in [5.74, 6) is -0.307. The number of aromatic nitrogens is 2. The van der Waals surface area contributed by atoms with E-state index in [2.05, 4.69) is 25.9 Å². The molecule has 2 aromatic rings. The number of urea groups is 1. The molecule has 0 atom stereocenters. The maximum atomic E-state index is 12.5. The minimum absolute atomic E-state index is 0.0822. The summed E-state index contributed by atoms with van der Waals surface area (Å²) in [5.41, 5.74) is 0.736. The zero-order valence-electron chi connectivity index (χ0n) is 16.5. The fourth-order valence-electron chi connectivity index (χ4n) is 2.19. The summed E-state index contributed by atoms with van der Waals surface area (Å²) in [5, 5.41) is 8.48.